The molecule has 0 aliphatic carbocycles. The van der Waals surface area contributed by atoms with Crippen molar-refractivity contribution in [2.75, 3.05) is 0 Å². The van der Waals surface area contributed by atoms with Crippen LogP contribution in [-0.4, -0.2) is 10.2 Å². The van der Waals surface area contributed by atoms with Crippen molar-refractivity contribution in [1.29, 1.82) is 0 Å². The minimum absolute atomic E-state index is 0.0395. The number of rotatable bonds is 4. The number of aliphatic hydroxyl groups is 2. The predicted octanol–water partition coefficient (Wildman–Crippen LogP) is 1.79. The van der Waals surface area contributed by atoms with Crippen LogP contribution in [0.1, 0.15) is 23.7 Å². The van der Waals surface area contributed by atoms with Crippen molar-refractivity contribution >= 4 is 0 Å². The van der Waals surface area contributed by atoms with Gasteiger partial charge in [0, 0.05) is 0 Å². The lowest BCUT2D eigenvalue weighted by Gasteiger charge is -2.08. The lowest BCUT2D eigenvalue weighted by Crippen LogP contribution is -1.95. The van der Waals surface area contributed by atoms with Crippen molar-refractivity contribution in [2.24, 2.45) is 0 Å². The maximum Gasteiger partial charge on any atom is 0.0824 e. The molecule has 1 aromatic carbocycles. The Kier molecular flexibility index (Phi) is 3.68. The van der Waals surface area contributed by atoms with E-state index in [0.29, 0.717) is 6.42 Å². The van der Waals surface area contributed by atoms with Gasteiger partial charge in [-0.05, 0) is 17.5 Å². The summed E-state index contributed by atoms with van der Waals surface area (Å²) in [6.07, 6.45) is 1.76. The first-order valence-electron chi connectivity index (χ1n) is 4.26. The number of aliphatic hydroxyl groups excluding tert-OH is 2. The van der Waals surface area contributed by atoms with Gasteiger partial charge in [-0.25, -0.2) is 0 Å². The van der Waals surface area contributed by atoms with Crippen LogP contribution in [0.4, 0.5) is 0 Å². The van der Waals surface area contributed by atoms with Gasteiger partial charge in [-0.15, -0.1) is 6.58 Å². The standard InChI is InChI=1S/C11H14O2/c1-2-3-11(13)10-6-4-9(8-12)5-7-10/h2,4-7,11-13H,1,3,8H2. The van der Waals surface area contributed by atoms with Crippen LogP contribution in [0.15, 0.2) is 36.9 Å². The molecule has 0 spiro atoms. The normalized spacial score (nSPS) is 12.5. The Morgan fingerprint density at radius 2 is 1.92 bits per heavy atom. The van der Waals surface area contributed by atoms with Crippen LogP contribution >= 0.6 is 0 Å². The van der Waals surface area contributed by atoms with Crippen molar-refractivity contribution in [3.63, 3.8) is 0 Å². The molecule has 0 saturated carbocycles. The van der Waals surface area contributed by atoms with Crippen molar-refractivity contribution < 1.29 is 10.2 Å². The summed E-state index contributed by atoms with van der Waals surface area (Å²) in [5.74, 6) is 0. The Morgan fingerprint density at radius 1 is 1.31 bits per heavy atom. The van der Waals surface area contributed by atoms with E-state index in [0.717, 1.165) is 11.1 Å². The summed E-state index contributed by atoms with van der Waals surface area (Å²) in [7, 11) is 0. The number of benzene rings is 1. The highest BCUT2D eigenvalue weighted by Crippen LogP contribution is 2.17. The van der Waals surface area contributed by atoms with E-state index in [2.05, 4.69) is 6.58 Å². The van der Waals surface area contributed by atoms with Crippen molar-refractivity contribution in [3.8, 4) is 0 Å². The van der Waals surface area contributed by atoms with Gasteiger partial charge in [0.1, 0.15) is 0 Å². The molecule has 0 radical (unpaired) electrons. The Morgan fingerprint density at radius 3 is 2.38 bits per heavy atom. The molecule has 0 aromatic heterocycles. The summed E-state index contributed by atoms with van der Waals surface area (Å²) >= 11 is 0. The third kappa shape index (κ3) is 2.68. The second kappa shape index (κ2) is 4.80. The fraction of sp³-hybridized carbons (Fsp3) is 0.273. The van der Waals surface area contributed by atoms with Gasteiger partial charge < -0.3 is 10.2 Å². The molecule has 2 N–H and O–H groups in total. The molecule has 0 amide bonds. The van der Waals surface area contributed by atoms with Gasteiger partial charge >= 0.3 is 0 Å². The Bertz CT molecular complexity index is 264. The maximum absolute atomic E-state index is 9.55. The summed E-state index contributed by atoms with van der Waals surface area (Å²) < 4.78 is 0. The maximum atomic E-state index is 9.55. The number of hydrogen-bond acceptors (Lipinski definition) is 2. The van der Waals surface area contributed by atoms with E-state index in [9.17, 15) is 5.11 Å². The van der Waals surface area contributed by atoms with Crippen LogP contribution in [0.3, 0.4) is 0 Å². The van der Waals surface area contributed by atoms with Gasteiger partial charge in [0.05, 0.1) is 12.7 Å². The Hall–Kier alpha value is -1.12. The number of hydrogen-bond donors (Lipinski definition) is 2. The highest BCUT2D eigenvalue weighted by Gasteiger charge is 2.03. The van der Waals surface area contributed by atoms with E-state index in [1.54, 1.807) is 6.08 Å². The van der Waals surface area contributed by atoms with Crippen LogP contribution in [-0.2, 0) is 6.61 Å². The first-order valence-corrected chi connectivity index (χ1v) is 4.26. The van der Waals surface area contributed by atoms with Gasteiger partial charge in [-0.3, -0.25) is 0 Å². The summed E-state index contributed by atoms with van der Waals surface area (Å²) in [6, 6.07) is 7.25. The topological polar surface area (TPSA) is 40.5 Å². The molecular weight excluding hydrogens is 164 g/mol. The zero-order chi connectivity index (χ0) is 9.68. The van der Waals surface area contributed by atoms with Gasteiger partial charge in [0.2, 0.25) is 0 Å². The minimum Gasteiger partial charge on any atom is -0.392 e. The molecular formula is C11H14O2. The molecule has 1 aromatic rings. The third-order valence-electron chi connectivity index (χ3n) is 1.94. The fourth-order valence-electron chi connectivity index (χ4n) is 1.14. The van der Waals surface area contributed by atoms with E-state index < -0.39 is 6.10 Å². The lowest BCUT2D eigenvalue weighted by molar-refractivity contribution is 0.181. The van der Waals surface area contributed by atoms with Crippen LogP contribution in [0.2, 0.25) is 0 Å². The van der Waals surface area contributed by atoms with Crippen molar-refractivity contribution in [1.82, 2.24) is 0 Å². The quantitative estimate of drug-likeness (QED) is 0.690. The minimum atomic E-state index is -0.481. The van der Waals surface area contributed by atoms with Crippen molar-refractivity contribution in [3.05, 3.63) is 48.0 Å². The summed E-state index contributed by atoms with van der Waals surface area (Å²) in [5, 5.41) is 18.3. The first kappa shape index (κ1) is 9.96. The second-order valence-electron chi connectivity index (χ2n) is 2.94. The zero-order valence-electron chi connectivity index (χ0n) is 7.48. The molecule has 1 unspecified atom stereocenters. The molecule has 0 bridgehead atoms. The van der Waals surface area contributed by atoms with Crippen LogP contribution < -0.4 is 0 Å². The van der Waals surface area contributed by atoms with E-state index >= 15 is 0 Å². The first-order chi connectivity index (χ1) is 6.27. The highest BCUT2D eigenvalue weighted by atomic mass is 16.3. The van der Waals surface area contributed by atoms with E-state index in [1.165, 1.54) is 0 Å². The van der Waals surface area contributed by atoms with Crippen molar-refractivity contribution in [2.45, 2.75) is 19.1 Å². The average Bonchev–Trinajstić information content (AvgIpc) is 2.18. The summed E-state index contributed by atoms with van der Waals surface area (Å²) in [4.78, 5) is 0. The molecule has 0 aliphatic rings. The summed E-state index contributed by atoms with van der Waals surface area (Å²) in [6.45, 7) is 3.60. The van der Waals surface area contributed by atoms with Crippen LogP contribution in [0, 0.1) is 0 Å². The monoisotopic (exact) mass is 178 g/mol. The van der Waals surface area contributed by atoms with E-state index in [1.807, 2.05) is 24.3 Å². The van der Waals surface area contributed by atoms with Gasteiger partial charge in [0.25, 0.3) is 0 Å². The van der Waals surface area contributed by atoms with Crippen LogP contribution in [0.5, 0.6) is 0 Å². The lowest BCUT2D eigenvalue weighted by atomic mass is 10.1. The van der Waals surface area contributed by atoms with Gasteiger partial charge in [-0.1, -0.05) is 30.3 Å². The second-order valence-corrected chi connectivity index (χ2v) is 2.94. The molecule has 0 fully saturated rings. The van der Waals surface area contributed by atoms with Crippen LogP contribution in [0.25, 0.3) is 0 Å². The SMILES string of the molecule is C=CCC(O)c1ccc(CO)cc1. The summed E-state index contributed by atoms with van der Waals surface area (Å²) in [5.41, 5.74) is 1.71. The zero-order valence-corrected chi connectivity index (χ0v) is 7.48. The Balaban J connectivity index is 2.73. The third-order valence-corrected chi connectivity index (χ3v) is 1.94. The molecule has 70 valence electrons. The highest BCUT2D eigenvalue weighted by molar-refractivity contribution is 5.23. The molecule has 13 heavy (non-hydrogen) atoms. The molecule has 2 nitrogen and oxygen atoms in total. The molecule has 0 aliphatic heterocycles. The molecule has 2 heteroatoms. The van der Waals surface area contributed by atoms with E-state index in [-0.39, 0.29) is 6.61 Å². The van der Waals surface area contributed by atoms with Gasteiger partial charge in [0.15, 0.2) is 0 Å². The predicted molar refractivity (Wildman–Crippen MR) is 52.1 cm³/mol. The largest absolute Gasteiger partial charge is 0.392 e. The molecule has 1 rings (SSSR count). The Labute approximate surface area is 78.2 Å². The average molecular weight is 178 g/mol. The van der Waals surface area contributed by atoms with E-state index in [4.69, 9.17) is 5.11 Å². The molecule has 0 saturated heterocycles. The fourth-order valence-corrected chi connectivity index (χ4v) is 1.14. The smallest absolute Gasteiger partial charge is 0.0824 e. The molecule has 1 atom stereocenters. The molecule has 0 heterocycles. The van der Waals surface area contributed by atoms with Gasteiger partial charge in [-0.2, -0.15) is 0 Å².